The van der Waals surface area contributed by atoms with Crippen molar-refractivity contribution in [2.45, 2.75) is 19.1 Å². The number of benzene rings is 2. The number of nitrogens with zero attached hydrogens (tertiary/aromatic N) is 3. The number of alkyl halides is 3. The fraction of sp³-hybridized carbons (Fsp3) is 0.296. The van der Waals surface area contributed by atoms with Gasteiger partial charge in [0.05, 0.1) is 24.0 Å². The van der Waals surface area contributed by atoms with Crippen LogP contribution in [0.2, 0.25) is 0 Å². The Morgan fingerprint density at radius 1 is 0.973 bits per heavy atom. The van der Waals surface area contributed by atoms with Crippen molar-refractivity contribution < 1.29 is 27.5 Å². The van der Waals surface area contributed by atoms with E-state index in [2.05, 4.69) is 10.3 Å². The molecule has 37 heavy (non-hydrogen) atoms. The summed E-state index contributed by atoms with van der Waals surface area (Å²) < 4.78 is 47.7. The summed E-state index contributed by atoms with van der Waals surface area (Å²) in [7, 11) is 1.28. The maximum Gasteiger partial charge on any atom is 0.491 e. The quantitative estimate of drug-likeness (QED) is 0.377. The molecule has 4 rings (SSSR count). The van der Waals surface area contributed by atoms with Crippen LogP contribution in [0.3, 0.4) is 0 Å². The number of aromatic nitrogens is 1. The highest BCUT2D eigenvalue weighted by Gasteiger charge is 2.44. The number of carbonyl (C=O) groups excluding carboxylic acids is 2. The van der Waals surface area contributed by atoms with Crippen LogP contribution in [0.1, 0.15) is 31.8 Å². The summed E-state index contributed by atoms with van der Waals surface area (Å²) in [4.78, 5) is 30.9. The number of halogens is 3. The fourth-order valence-corrected chi connectivity index (χ4v) is 4.32. The number of ether oxygens (including phenoxy) is 1. The van der Waals surface area contributed by atoms with Gasteiger partial charge in [-0.05, 0) is 54.3 Å². The van der Waals surface area contributed by atoms with Crippen LogP contribution in [0.5, 0.6) is 0 Å². The second-order valence-corrected chi connectivity index (χ2v) is 8.61. The molecule has 7 nitrogen and oxygen atoms in total. The number of amides is 1. The van der Waals surface area contributed by atoms with Gasteiger partial charge in [0.1, 0.15) is 0 Å². The van der Waals surface area contributed by atoms with Crippen molar-refractivity contribution >= 4 is 23.3 Å². The van der Waals surface area contributed by atoms with Gasteiger partial charge in [-0.2, -0.15) is 0 Å². The molecule has 0 bridgehead atoms. The lowest BCUT2D eigenvalue weighted by atomic mass is 10.0. The Hall–Kier alpha value is -3.92. The Bertz CT molecular complexity index is 1260. The van der Waals surface area contributed by atoms with Crippen molar-refractivity contribution in [1.82, 2.24) is 10.3 Å². The van der Waals surface area contributed by atoms with Gasteiger partial charge >= 0.3 is 12.3 Å². The van der Waals surface area contributed by atoms with Crippen LogP contribution in [-0.4, -0.2) is 56.4 Å². The normalized spacial score (nSPS) is 13.8. The molecule has 1 aromatic heterocycles. The van der Waals surface area contributed by atoms with E-state index in [1.807, 2.05) is 4.90 Å². The van der Waals surface area contributed by atoms with Gasteiger partial charge in [0.15, 0.2) is 0 Å². The highest BCUT2D eigenvalue weighted by Crippen LogP contribution is 2.37. The Kier molecular flexibility index (Phi) is 8.08. The lowest BCUT2D eigenvalue weighted by Gasteiger charge is -2.34. The van der Waals surface area contributed by atoms with Gasteiger partial charge in [-0.15, -0.1) is 13.2 Å². The fourth-order valence-electron chi connectivity index (χ4n) is 4.32. The number of esters is 1. The van der Waals surface area contributed by atoms with E-state index in [9.17, 15) is 22.8 Å². The molecular weight excluding hydrogens is 485 g/mol. The number of piperazine rings is 1. The molecule has 0 unspecified atom stereocenters. The third kappa shape index (κ3) is 6.26. The number of carbonyl (C=O) groups is 2. The van der Waals surface area contributed by atoms with Crippen LogP contribution >= 0.6 is 0 Å². The van der Waals surface area contributed by atoms with Gasteiger partial charge in [-0.3, -0.25) is 9.78 Å². The summed E-state index contributed by atoms with van der Waals surface area (Å²) >= 11 is 0. The Morgan fingerprint density at radius 2 is 1.68 bits per heavy atom. The molecule has 0 saturated carbocycles. The van der Waals surface area contributed by atoms with Gasteiger partial charge in [0.25, 0.3) is 5.91 Å². The van der Waals surface area contributed by atoms with Crippen molar-refractivity contribution in [2.75, 3.05) is 43.1 Å². The van der Waals surface area contributed by atoms with Gasteiger partial charge in [0, 0.05) is 44.1 Å². The minimum atomic E-state index is -4.92. The molecule has 1 aliphatic rings. The molecule has 0 radical (unpaired) electrons. The molecule has 3 aromatic rings. The molecule has 2 aromatic carbocycles. The van der Waals surface area contributed by atoms with Gasteiger partial charge < -0.3 is 15.0 Å². The third-order valence-electron chi connectivity index (χ3n) is 6.13. The zero-order chi connectivity index (χ0) is 26.4. The molecule has 1 aliphatic heterocycles. The van der Waals surface area contributed by atoms with Crippen molar-refractivity contribution in [1.29, 1.82) is 0 Å². The minimum absolute atomic E-state index is 0.0635. The number of para-hydroxylation sites is 2. The third-order valence-corrected chi connectivity index (χ3v) is 6.13. The highest BCUT2D eigenvalue weighted by atomic mass is 19.4. The highest BCUT2D eigenvalue weighted by molar-refractivity contribution is 6.08. The molecule has 194 valence electrons. The largest absolute Gasteiger partial charge is 0.491 e. The molecule has 1 N–H and O–H groups in total. The standard InChI is InChI=1S/C27H27F3N4O3/c1-37-26(36)22-16-20(17-32-18-22)10-9-19-5-4-6-21(15-19)25(35)34(27(28,29)30)24-8-3-2-7-23(24)33-13-11-31-12-14-33/h2-8,15-18,31H,9-14H2,1H3. The first-order valence-corrected chi connectivity index (χ1v) is 11.8. The van der Waals surface area contributed by atoms with Gasteiger partial charge in [-0.25, -0.2) is 9.69 Å². The number of nitrogens with one attached hydrogen (secondary N) is 1. The van der Waals surface area contributed by atoms with E-state index in [0.717, 1.165) is 5.56 Å². The van der Waals surface area contributed by atoms with Crippen LogP contribution in [0.15, 0.2) is 67.0 Å². The van der Waals surface area contributed by atoms with Crippen LogP contribution in [-0.2, 0) is 17.6 Å². The van der Waals surface area contributed by atoms with Crippen molar-refractivity contribution in [3.63, 3.8) is 0 Å². The minimum Gasteiger partial charge on any atom is -0.465 e. The maximum atomic E-state index is 14.3. The van der Waals surface area contributed by atoms with E-state index in [1.54, 1.807) is 36.5 Å². The van der Waals surface area contributed by atoms with E-state index in [1.165, 1.54) is 37.6 Å². The first-order chi connectivity index (χ1) is 17.8. The van der Waals surface area contributed by atoms with E-state index in [-0.39, 0.29) is 16.2 Å². The second kappa shape index (κ2) is 11.4. The first kappa shape index (κ1) is 26.2. The first-order valence-electron chi connectivity index (χ1n) is 11.8. The number of rotatable bonds is 7. The van der Waals surface area contributed by atoms with Crippen LogP contribution in [0, 0.1) is 0 Å². The average molecular weight is 513 g/mol. The van der Waals surface area contributed by atoms with Crippen molar-refractivity contribution in [2.24, 2.45) is 0 Å². The molecule has 1 fully saturated rings. The number of hydrogen-bond acceptors (Lipinski definition) is 6. The summed E-state index contributed by atoms with van der Waals surface area (Å²) in [6.45, 7) is 2.37. The predicted molar refractivity (Wildman–Crippen MR) is 134 cm³/mol. The Morgan fingerprint density at radius 3 is 2.41 bits per heavy atom. The summed E-state index contributed by atoms with van der Waals surface area (Å²) in [6.07, 6.45) is -0.989. The number of hydrogen-bond donors (Lipinski definition) is 1. The smallest absolute Gasteiger partial charge is 0.465 e. The Balaban J connectivity index is 1.58. The maximum absolute atomic E-state index is 14.3. The van der Waals surface area contributed by atoms with E-state index in [0.29, 0.717) is 55.8 Å². The number of aryl methyl sites for hydroxylation is 2. The molecule has 0 spiro atoms. The predicted octanol–water partition coefficient (Wildman–Crippen LogP) is 4.23. The molecule has 0 aliphatic carbocycles. The summed E-state index contributed by atoms with van der Waals surface area (Å²) in [6, 6.07) is 14.0. The summed E-state index contributed by atoms with van der Waals surface area (Å²) in [5.41, 5.74) is 1.87. The molecular formula is C27H27F3N4O3. The zero-order valence-electron chi connectivity index (χ0n) is 20.3. The van der Waals surface area contributed by atoms with Crippen molar-refractivity contribution in [3.05, 3.63) is 89.2 Å². The number of pyridine rings is 1. The summed E-state index contributed by atoms with van der Waals surface area (Å²) in [5, 5.41) is 3.18. The SMILES string of the molecule is COC(=O)c1cncc(CCc2cccc(C(=O)N(c3ccccc3N3CCNCC3)C(F)(F)F)c2)c1. The monoisotopic (exact) mass is 512 g/mol. The number of methoxy groups -OCH3 is 1. The molecule has 1 saturated heterocycles. The molecule has 10 heteroatoms. The average Bonchev–Trinajstić information content (AvgIpc) is 2.92. The number of anilines is 2. The zero-order valence-corrected chi connectivity index (χ0v) is 20.3. The molecule has 1 amide bonds. The van der Waals surface area contributed by atoms with E-state index >= 15 is 0 Å². The molecule has 2 heterocycles. The van der Waals surface area contributed by atoms with E-state index in [4.69, 9.17) is 4.74 Å². The summed E-state index contributed by atoms with van der Waals surface area (Å²) in [5.74, 6) is -1.65. The van der Waals surface area contributed by atoms with E-state index < -0.39 is 18.2 Å². The van der Waals surface area contributed by atoms with Gasteiger partial charge in [-0.1, -0.05) is 24.3 Å². The lowest BCUT2D eigenvalue weighted by molar-refractivity contribution is -0.122. The van der Waals surface area contributed by atoms with Crippen molar-refractivity contribution in [3.8, 4) is 0 Å². The van der Waals surface area contributed by atoms with Crippen LogP contribution in [0.4, 0.5) is 24.5 Å². The molecule has 0 atom stereocenters. The van der Waals surface area contributed by atoms with Gasteiger partial charge in [0.2, 0.25) is 0 Å². The topological polar surface area (TPSA) is 74.8 Å². The van der Waals surface area contributed by atoms with Crippen LogP contribution < -0.4 is 15.1 Å². The second-order valence-electron chi connectivity index (χ2n) is 8.61. The lowest BCUT2D eigenvalue weighted by Crippen LogP contribution is -2.47. The van der Waals surface area contributed by atoms with Crippen LogP contribution in [0.25, 0.3) is 0 Å². The Labute approximate surface area is 212 Å².